The third kappa shape index (κ3) is 2.63. The van der Waals surface area contributed by atoms with Crippen LogP contribution in [0, 0.1) is 0 Å². The highest BCUT2D eigenvalue weighted by atomic mass is 32.2. The fourth-order valence-electron chi connectivity index (χ4n) is 3.12. The van der Waals surface area contributed by atoms with Gasteiger partial charge >= 0.3 is 0 Å². The molecule has 0 radical (unpaired) electrons. The maximum absolute atomic E-state index is 13.0. The summed E-state index contributed by atoms with van der Waals surface area (Å²) in [5.74, 6) is 0.123. The van der Waals surface area contributed by atoms with E-state index in [1.165, 1.54) is 17.3 Å². The Kier molecular flexibility index (Phi) is 3.60. The minimum atomic E-state index is -0.216. The number of para-hydroxylation sites is 1. The lowest BCUT2D eigenvalue weighted by atomic mass is 10.1. The highest BCUT2D eigenvalue weighted by molar-refractivity contribution is 8.00. The summed E-state index contributed by atoms with van der Waals surface area (Å²) in [7, 11) is 0. The van der Waals surface area contributed by atoms with E-state index in [0.717, 1.165) is 30.1 Å². The molecule has 7 heteroatoms. The maximum atomic E-state index is 13.0. The zero-order chi connectivity index (χ0) is 16.0. The molecule has 0 spiro atoms. The lowest BCUT2D eigenvalue weighted by molar-refractivity contribution is -0.118. The van der Waals surface area contributed by atoms with Gasteiger partial charge in [-0.05, 0) is 55.2 Å². The molecule has 0 N–H and O–H groups in total. The van der Waals surface area contributed by atoms with Gasteiger partial charge in [-0.25, -0.2) is 4.68 Å². The molecule has 1 fully saturated rings. The second-order valence-corrected chi connectivity index (χ2v) is 7.60. The molecule has 0 saturated heterocycles. The number of benzene rings is 1. The topological polar surface area (TPSA) is 63.9 Å². The molecule has 4 rings (SSSR count). The first-order valence-electron chi connectivity index (χ1n) is 8.00. The molecule has 2 aromatic rings. The van der Waals surface area contributed by atoms with Gasteiger partial charge in [0.05, 0.1) is 11.3 Å². The molecule has 2 atom stereocenters. The number of aromatic nitrogens is 4. The number of hydrogen-bond acceptors (Lipinski definition) is 5. The number of anilines is 1. The number of fused-ring (bicyclic) bond motifs is 1. The summed E-state index contributed by atoms with van der Waals surface area (Å²) in [4.78, 5) is 14.9. The summed E-state index contributed by atoms with van der Waals surface area (Å²) >= 11 is 1.45. The van der Waals surface area contributed by atoms with Gasteiger partial charge in [0.15, 0.2) is 0 Å². The number of thioether (sulfide) groups is 1. The average molecular weight is 329 g/mol. The Bertz CT molecular complexity index is 742. The van der Waals surface area contributed by atoms with Crippen molar-refractivity contribution in [2.75, 3.05) is 4.90 Å². The Labute approximate surface area is 139 Å². The van der Waals surface area contributed by atoms with E-state index in [4.69, 9.17) is 0 Å². The third-order valence-electron chi connectivity index (χ3n) is 4.43. The number of carbonyl (C=O) groups is 1. The van der Waals surface area contributed by atoms with E-state index in [9.17, 15) is 4.79 Å². The summed E-state index contributed by atoms with van der Waals surface area (Å²) in [5, 5.41) is 12.4. The molecule has 120 valence electrons. The van der Waals surface area contributed by atoms with Crippen molar-refractivity contribution < 1.29 is 4.79 Å². The Morgan fingerprint density at radius 1 is 1.35 bits per heavy atom. The number of carbonyl (C=O) groups excluding carboxylic acids is 1. The molecule has 23 heavy (non-hydrogen) atoms. The molecule has 1 saturated carbocycles. The van der Waals surface area contributed by atoms with Gasteiger partial charge < -0.3 is 4.90 Å². The Morgan fingerprint density at radius 2 is 2.13 bits per heavy atom. The minimum Gasteiger partial charge on any atom is -0.308 e. The zero-order valence-electron chi connectivity index (χ0n) is 13.2. The Morgan fingerprint density at radius 3 is 2.91 bits per heavy atom. The third-order valence-corrected chi connectivity index (χ3v) is 5.46. The van der Waals surface area contributed by atoms with Crippen molar-refractivity contribution in [3.8, 4) is 0 Å². The first-order chi connectivity index (χ1) is 11.1. The number of hydrogen-bond donors (Lipinski definition) is 0. The predicted octanol–water partition coefficient (Wildman–Crippen LogP) is 2.47. The van der Waals surface area contributed by atoms with Gasteiger partial charge in [0.2, 0.25) is 11.1 Å². The van der Waals surface area contributed by atoms with E-state index in [1.807, 2.05) is 34.7 Å². The van der Waals surface area contributed by atoms with Crippen LogP contribution < -0.4 is 4.90 Å². The predicted molar refractivity (Wildman–Crippen MR) is 88.5 cm³/mol. The monoisotopic (exact) mass is 329 g/mol. The van der Waals surface area contributed by atoms with Crippen LogP contribution in [0.5, 0.6) is 0 Å². The molecule has 0 unspecified atom stereocenters. The summed E-state index contributed by atoms with van der Waals surface area (Å²) in [6, 6.07) is 8.76. The first kappa shape index (κ1) is 14.7. The second-order valence-electron chi connectivity index (χ2n) is 6.29. The fourth-order valence-corrected chi connectivity index (χ4v) is 4.02. The van der Waals surface area contributed by atoms with Crippen molar-refractivity contribution in [3.05, 3.63) is 29.8 Å². The van der Waals surface area contributed by atoms with E-state index in [-0.39, 0.29) is 17.2 Å². The van der Waals surface area contributed by atoms with Crippen LogP contribution in [0.15, 0.2) is 29.4 Å². The number of amides is 1. The van der Waals surface area contributed by atoms with Gasteiger partial charge in [0, 0.05) is 11.7 Å². The summed E-state index contributed by atoms with van der Waals surface area (Å²) in [6.07, 6.45) is 3.16. The minimum absolute atomic E-state index is 0.123. The highest BCUT2D eigenvalue weighted by Gasteiger charge is 2.35. The molecular formula is C16H19N5OS. The van der Waals surface area contributed by atoms with E-state index < -0.39 is 0 Å². The van der Waals surface area contributed by atoms with Gasteiger partial charge in [0.1, 0.15) is 0 Å². The highest BCUT2D eigenvalue weighted by Crippen LogP contribution is 2.38. The van der Waals surface area contributed by atoms with Gasteiger partial charge in [0.25, 0.3) is 0 Å². The maximum Gasteiger partial charge on any atom is 0.240 e. The molecule has 1 aromatic heterocycles. The van der Waals surface area contributed by atoms with Gasteiger partial charge in [-0.15, -0.1) is 5.10 Å². The van der Waals surface area contributed by atoms with Crippen molar-refractivity contribution in [3.63, 3.8) is 0 Å². The largest absolute Gasteiger partial charge is 0.308 e. The summed E-state index contributed by atoms with van der Waals surface area (Å²) in [5.41, 5.74) is 2.28. The zero-order valence-corrected chi connectivity index (χ0v) is 14.0. The quantitative estimate of drug-likeness (QED) is 0.806. The van der Waals surface area contributed by atoms with Gasteiger partial charge in [-0.1, -0.05) is 30.0 Å². The molecule has 2 heterocycles. The molecule has 1 aliphatic heterocycles. The molecule has 2 aliphatic rings. The molecule has 1 aliphatic carbocycles. The average Bonchev–Trinajstić information content (AvgIpc) is 3.19. The molecule has 0 bridgehead atoms. The smallest absolute Gasteiger partial charge is 0.240 e. The fraction of sp³-hybridized carbons (Fsp3) is 0.500. The lowest BCUT2D eigenvalue weighted by Gasteiger charge is -2.25. The lowest BCUT2D eigenvalue weighted by Crippen LogP contribution is -2.40. The molecule has 6 nitrogen and oxygen atoms in total. The van der Waals surface area contributed by atoms with Crippen LogP contribution in [0.1, 0.15) is 38.3 Å². The van der Waals surface area contributed by atoms with Crippen LogP contribution in [-0.4, -0.2) is 37.4 Å². The molecule has 1 amide bonds. The summed E-state index contributed by atoms with van der Waals surface area (Å²) in [6.45, 7) is 4.04. The van der Waals surface area contributed by atoms with Crippen LogP contribution in [0.2, 0.25) is 0 Å². The van der Waals surface area contributed by atoms with Crippen LogP contribution in [-0.2, 0) is 11.2 Å². The van der Waals surface area contributed by atoms with E-state index in [1.54, 1.807) is 0 Å². The molecular weight excluding hydrogens is 310 g/mol. The first-order valence-corrected chi connectivity index (χ1v) is 8.88. The van der Waals surface area contributed by atoms with Crippen LogP contribution in [0.3, 0.4) is 0 Å². The van der Waals surface area contributed by atoms with Crippen LogP contribution in [0.4, 0.5) is 5.69 Å². The van der Waals surface area contributed by atoms with Gasteiger partial charge in [-0.2, -0.15) is 0 Å². The van der Waals surface area contributed by atoms with Crippen molar-refractivity contribution in [1.29, 1.82) is 0 Å². The van der Waals surface area contributed by atoms with Crippen molar-refractivity contribution in [2.45, 2.75) is 55.6 Å². The Hall–Kier alpha value is -1.89. The number of nitrogens with zero attached hydrogens (tertiary/aromatic N) is 5. The van der Waals surface area contributed by atoms with Crippen molar-refractivity contribution >= 4 is 23.4 Å². The van der Waals surface area contributed by atoms with E-state index >= 15 is 0 Å². The van der Waals surface area contributed by atoms with E-state index in [0.29, 0.717) is 6.04 Å². The normalized spacial score (nSPS) is 21.3. The summed E-state index contributed by atoms with van der Waals surface area (Å²) < 4.78 is 1.86. The SMILES string of the molecule is C[C@H](Sc1nnnn1C1CC1)C(=O)N1c2ccccc2C[C@H]1C. The van der Waals surface area contributed by atoms with E-state index in [2.05, 4.69) is 28.5 Å². The van der Waals surface area contributed by atoms with Crippen molar-refractivity contribution in [1.82, 2.24) is 20.2 Å². The number of rotatable bonds is 4. The molecule has 1 aromatic carbocycles. The second kappa shape index (κ2) is 5.63. The van der Waals surface area contributed by atoms with Gasteiger partial charge in [-0.3, -0.25) is 4.79 Å². The van der Waals surface area contributed by atoms with Crippen molar-refractivity contribution in [2.24, 2.45) is 0 Å². The van der Waals surface area contributed by atoms with Crippen LogP contribution >= 0.6 is 11.8 Å². The number of tetrazole rings is 1. The standard InChI is InChI=1S/C16H19N5OS/c1-10-9-12-5-3-4-6-14(12)20(10)15(22)11(2)23-16-17-18-19-21(16)13-7-8-13/h3-6,10-11,13H,7-9H2,1-2H3/t10-,11+/m1/s1. The Balaban J connectivity index is 1.53. The van der Waals surface area contributed by atoms with Crippen LogP contribution in [0.25, 0.3) is 0 Å².